The molecule has 1 aromatic rings. The number of hydrogen-bond donors (Lipinski definition) is 1. The van der Waals surface area contributed by atoms with Crippen LogP contribution in [0.1, 0.15) is 69.8 Å². The van der Waals surface area contributed by atoms with Gasteiger partial charge in [0, 0.05) is 6.04 Å². The van der Waals surface area contributed by atoms with Crippen molar-refractivity contribution >= 4 is 5.91 Å². The molecular weight excluding hydrogens is 277 g/mol. The molecule has 2 aliphatic carbocycles. The van der Waals surface area contributed by atoms with E-state index in [1.165, 1.54) is 37.8 Å². The van der Waals surface area contributed by atoms with Crippen molar-refractivity contribution in [1.29, 1.82) is 0 Å². The Morgan fingerprint density at radius 1 is 0.955 bits per heavy atom. The van der Waals surface area contributed by atoms with Gasteiger partial charge in [0.05, 0.1) is 5.41 Å². The molecule has 0 aliphatic heterocycles. The normalized spacial score (nSPS) is 22.2. The summed E-state index contributed by atoms with van der Waals surface area (Å²) >= 11 is 0. The van der Waals surface area contributed by atoms with Gasteiger partial charge in [0.2, 0.25) is 5.91 Å². The first-order valence-corrected chi connectivity index (χ1v) is 8.78. The molecule has 0 atom stereocenters. The Kier molecular flexibility index (Phi) is 4.80. The number of hydrogen-bond acceptors (Lipinski definition) is 1. The molecule has 1 aromatic carbocycles. The maximum absolute atomic E-state index is 13.2. The minimum atomic E-state index is -0.431. The molecule has 3 rings (SSSR count). The Labute approximate surface area is 132 Å². The Balaban J connectivity index is 1.77. The van der Waals surface area contributed by atoms with Gasteiger partial charge in [-0.05, 0) is 43.4 Å². The molecule has 1 N–H and O–H groups in total. The third-order valence-corrected chi connectivity index (χ3v) is 5.48. The Bertz CT molecular complexity index is 497. The summed E-state index contributed by atoms with van der Waals surface area (Å²) in [6.45, 7) is 0. The Morgan fingerprint density at radius 3 is 2.14 bits per heavy atom. The van der Waals surface area contributed by atoms with Crippen LogP contribution in [0.4, 0.5) is 4.39 Å². The first kappa shape index (κ1) is 15.5. The van der Waals surface area contributed by atoms with Crippen LogP contribution in [0.25, 0.3) is 0 Å². The highest BCUT2D eigenvalue weighted by Crippen LogP contribution is 2.41. The maximum Gasteiger partial charge on any atom is 0.230 e. The fourth-order valence-corrected chi connectivity index (χ4v) is 4.14. The average molecular weight is 303 g/mol. The van der Waals surface area contributed by atoms with Crippen LogP contribution >= 0.6 is 0 Å². The molecule has 0 saturated heterocycles. The molecule has 2 aliphatic rings. The number of amides is 1. The standard InChI is InChI=1S/C19H26FNO/c20-16-11-9-15(10-12-16)19(13-5-6-14-19)18(22)21-17-7-3-1-2-4-8-17/h9-12,17H,1-8,13-14H2,(H,21,22). The second kappa shape index (κ2) is 6.80. The lowest BCUT2D eigenvalue weighted by atomic mass is 9.77. The van der Waals surface area contributed by atoms with Crippen LogP contribution < -0.4 is 5.32 Å². The first-order chi connectivity index (χ1) is 10.7. The maximum atomic E-state index is 13.2. The highest BCUT2D eigenvalue weighted by molar-refractivity contribution is 5.88. The second-order valence-electron chi connectivity index (χ2n) is 6.96. The number of nitrogens with one attached hydrogen (secondary N) is 1. The average Bonchev–Trinajstić information content (AvgIpc) is 2.89. The van der Waals surface area contributed by atoms with Crippen LogP contribution in [0.5, 0.6) is 0 Å². The summed E-state index contributed by atoms with van der Waals surface area (Å²) in [6, 6.07) is 6.89. The van der Waals surface area contributed by atoms with Crippen LogP contribution in [0.2, 0.25) is 0 Å². The topological polar surface area (TPSA) is 29.1 Å². The van der Waals surface area contributed by atoms with E-state index in [2.05, 4.69) is 5.32 Å². The fraction of sp³-hybridized carbons (Fsp3) is 0.632. The monoisotopic (exact) mass is 303 g/mol. The van der Waals surface area contributed by atoms with Crippen LogP contribution in [-0.4, -0.2) is 11.9 Å². The van der Waals surface area contributed by atoms with E-state index in [0.717, 1.165) is 44.1 Å². The van der Waals surface area contributed by atoms with Crippen molar-refractivity contribution in [3.63, 3.8) is 0 Å². The summed E-state index contributed by atoms with van der Waals surface area (Å²) < 4.78 is 13.2. The van der Waals surface area contributed by atoms with E-state index in [0.29, 0.717) is 6.04 Å². The van der Waals surface area contributed by atoms with Gasteiger partial charge >= 0.3 is 0 Å². The quantitative estimate of drug-likeness (QED) is 0.820. The molecule has 0 spiro atoms. The van der Waals surface area contributed by atoms with Gasteiger partial charge in [-0.15, -0.1) is 0 Å². The van der Waals surface area contributed by atoms with Gasteiger partial charge in [0.25, 0.3) is 0 Å². The lowest BCUT2D eigenvalue weighted by molar-refractivity contribution is -0.127. The molecule has 0 bridgehead atoms. The fourth-order valence-electron chi connectivity index (χ4n) is 4.14. The Hall–Kier alpha value is -1.38. The molecule has 2 nitrogen and oxygen atoms in total. The van der Waals surface area contributed by atoms with Gasteiger partial charge in [-0.2, -0.15) is 0 Å². The lowest BCUT2D eigenvalue weighted by Gasteiger charge is -2.30. The molecule has 0 unspecified atom stereocenters. The van der Waals surface area contributed by atoms with Crippen molar-refractivity contribution in [2.75, 3.05) is 0 Å². The molecule has 3 heteroatoms. The highest BCUT2D eigenvalue weighted by Gasteiger charge is 2.43. The van der Waals surface area contributed by atoms with Crippen molar-refractivity contribution < 1.29 is 9.18 Å². The van der Waals surface area contributed by atoms with E-state index in [9.17, 15) is 9.18 Å². The molecular formula is C19H26FNO. The van der Waals surface area contributed by atoms with E-state index < -0.39 is 5.41 Å². The minimum absolute atomic E-state index is 0.170. The summed E-state index contributed by atoms with van der Waals surface area (Å²) in [5.74, 6) is -0.0652. The van der Waals surface area contributed by atoms with Gasteiger partial charge in [0.15, 0.2) is 0 Å². The molecule has 0 aromatic heterocycles. The number of benzene rings is 1. The summed E-state index contributed by atoms with van der Waals surface area (Å²) in [6.07, 6.45) is 11.1. The van der Waals surface area contributed by atoms with Crippen molar-refractivity contribution in [3.05, 3.63) is 35.6 Å². The summed E-state index contributed by atoms with van der Waals surface area (Å²) in [4.78, 5) is 13.0. The largest absolute Gasteiger partial charge is 0.353 e. The molecule has 1 amide bonds. The molecule has 0 radical (unpaired) electrons. The third kappa shape index (κ3) is 3.18. The molecule has 0 heterocycles. The summed E-state index contributed by atoms with van der Waals surface area (Å²) in [5.41, 5.74) is 0.553. The van der Waals surface area contributed by atoms with Crippen molar-refractivity contribution in [2.24, 2.45) is 0 Å². The van der Waals surface area contributed by atoms with Gasteiger partial charge in [0.1, 0.15) is 5.82 Å². The number of carbonyl (C=O) groups excluding carboxylic acids is 1. The SMILES string of the molecule is O=C(NC1CCCCCC1)C1(c2ccc(F)cc2)CCCC1. The molecule has 22 heavy (non-hydrogen) atoms. The predicted molar refractivity (Wildman–Crippen MR) is 86.2 cm³/mol. The molecule has 2 saturated carbocycles. The van der Waals surface area contributed by atoms with Crippen molar-refractivity contribution in [3.8, 4) is 0 Å². The van der Waals surface area contributed by atoms with Gasteiger partial charge in [-0.3, -0.25) is 4.79 Å². The highest BCUT2D eigenvalue weighted by atomic mass is 19.1. The number of rotatable bonds is 3. The zero-order valence-corrected chi connectivity index (χ0v) is 13.2. The smallest absolute Gasteiger partial charge is 0.230 e. The molecule has 120 valence electrons. The molecule has 2 fully saturated rings. The second-order valence-corrected chi connectivity index (χ2v) is 6.96. The van der Waals surface area contributed by atoms with Crippen LogP contribution in [0.3, 0.4) is 0 Å². The van der Waals surface area contributed by atoms with Crippen molar-refractivity contribution in [2.45, 2.75) is 75.7 Å². The van der Waals surface area contributed by atoms with E-state index >= 15 is 0 Å². The van der Waals surface area contributed by atoms with Gasteiger partial charge in [-0.25, -0.2) is 4.39 Å². The van der Waals surface area contributed by atoms with E-state index in [4.69, 9.17) is 0 Å². The predicted octanol–water partition coefficient (Wildman–Crippen LogP) is 4.48. The minimum Gasteiger partial charge on any atom is -0.353 e. The summed E-state index contributed by atoms with van der Waals surface area (Å²) in [5, 5.41) is 3.32. The van der Waals surface area contributed by atoms with E-state index in [1.807, 2.05) is 0 Å². The lowest BCUT2D eigenvalue weighted by Crippen LogP contribution is -2.46. The van der Waals surface area contributed by atoms with Gasteiger partial charge in [-0.1, -0.05) is 50.7 Å². The van der Waals surface area contributed by atoms with Crippen LogP contribution in [-0.2, 0) is 10.2 Å². The zero-order chi connectivity index (χ0) is 15.4. The number of halogens is 1. The van der Waals surface area contributed by atoms with Crippen molar-refractivity contribution in [1.82, 2.24) is 5.32 Å². The van der Waals surface area contributed by atoms with Crippen LogP contribution in [0.15, 0.2) is 24.3 Å². The van der Waals surface area contributed by atoms with Gasteiger partial charge < -0.3 is 5.32 Å². The van der Waals surface area contributed by atoms with E-state index in [1.54, 1.807) is 12.1 Å². The zero-order valence-electron chi connectivity index (χ0n) is 13.2. The Morgan fingerprint density at radius 2 is 1.55 bits per heavy atom. The number of carbonyl (C=O) groups is 1. The third-order valence-electron chi connectivity index (χ3n) is 5.48. The van der Waals surface area contributed by atoms with Crippen LogP contribution in [0, 0.1) is 5.82 Å². The van der Waals surface area contributed by atoms with E-state index in [-0.39, 0.29) is 11.7 Å². The summed E-state index contributed by atoms with van der Waals surface area (Å²) in [7, 11) is 0. The first-order valence-electron chi connectivity index (χ1n) is 8.78.